The summed E-state index contributed by atoms with van der Waals surface area (Å²) < 4.78 is 5.53. The van der Waals surface area contributed by atoms with E-state index in [2.05, 4.69) is 5.10 Å². The fourth-order valence-corrected chi connectivity index (χ4v) is 1.75. The molecule has 0 bridgehead atoms. The number of aromatic carboxylic acids is 1. The van der Waals surface area contributed by atoms with Crippen LogP contribution in [-0.4, -0.2) is 23.3 Å². The molecule has 2 rings (SSSR count). The molecule has 0 atom stereocenters. The Labute approximate surface area is 120 Å². The third-order valence-electron chi connectivity index (χ3n) is 2.74. The third-order valence-corrected chi connectivity index (χ3v) is 2.74. The summed E-state index contributed by atoms with van der Waals surface area (Å²) in [6.07, 6.45) is 1.30. The lowest BCUT2D eigenvalue weighted by Gasteiger charge is -2.04. The summed E-state index contributed by atoms with van der Waals surface area (Å²) in [6, 6.07) is 7.35. The van der Waals surface area contributed by atoms with E-state index in [-0.39, 0.29) is 5.56 Å². The first-order valence-electron chi connectivity index (χ1n) is 6.00. The molecule has 108 valence electrons. The highest BCUT2D eigenvalue weighted by atomic mass is 16.4. The first-order chi connectivity index (χ1) is 9.97. The second-order valence-electron chi connectivity index (χ2n) is 4.27. The molecule has 21 heavy (non-hydrogen) atoms. The molecular formula is C14H13N3O4. The SMILES string of the molecule is Cc1ccc(C(=O)O)cc1-c1ccc(/C=N\NC(N)=O)o1. The molecule has 0 radical (unpaired) electrons. The molecule has 1 aromatic carbocycles. The molecule has 0 fully saturated rings. The smallest absolute Gasteiger partial charge is 0.335 e. The van der Waals surface area contributed by atoms with Gasteiger partial charge in [-0.15, -0.1) is 0 Å². The zero-order valence-corrected chi connectivity index (χ0v) is 11.2. The van der Waals surface area contributed by atoms with Gasteiger partial charge in [-0.25, -0.2) is 15.0 Å². The average Bonchev–Trinajstić information content (AvgIpc) is 2.87. The Morgan fingerprint density at radius 3 is 2.76 bits per heavy atom. The first kappa shape index (κ1) is 14.3. The minimum absolute atomic E-state index is 0.178. The molecule has 7 heteroatoms. The van der Waals surface area contributed by atoms with Crippen molar-refractivity contribution in [2.45, 2.75) is 6.92 Å². The van der Waals surface area contributed by atoms with E-state index in [9.17, 15) is 9.59 Å². The van der Waals surface area contributed by atoms with Gasteiger partial charge in [-0.3, -0.25) is 0 Å². The number of hydrogen-bond donors (Lipinski definition) is 3. The Bertz CT molecular complexity index is 719. The second kappa shape index (κ2) is 5.91. The monoisotopic (exact) mass is 287 g/mol. The fraction of sp³-hybridized carbons (Fsp3) is 0.0714. The number of hydrogen-bond acceptors (Lipinski definition) is 4. The number of carboxylic acids is 1. The predicted octanol–water partition coefficient (Wildman–Crippen LogP) is 1.96. The molecule has 2 amide bonds. The van der Waals surface area contributed by atoms with E-state index in [0.717, 1.165) is 5.56 Å². The normalized spacial score (nSPS) is 10.7. The Morgan fingerprint density at radius 2 is 2.10 bits per heavy atom. The van der Waals surface area contributed by atoms with Crippen molar-refractivity contribution in [1.29, 1.82) is 0 Å². The molecule has 0 saturated carbocycles. The van der Waals surface area contributed by atoms with Crippen LogP contribution < -0.4 is 11.2 Å². The number of carbonyl (C=O) groups excluding carboxylic acids is 1. The molecule has 0 aliphatic heterocycles. The van der Waals surface area contributed by atoms with Gasteiger partial charge in [-0.2, -0.15) is 5.10 Å². The first-order valence-corrected chi connectivity index (χ1v) is 6.00. The maximum absolute atomic E-state index is 11.0. The quantitative estimate of drug-likeness (QED) is 0.588. The Hall–Kier alpha value is -3.09. The number of hydrazone groups is 1. The van der Waals surface area contributed by atoms with Crippen LogP contribution in [0.2, 0.25) is 0 Å². The highest BCUT2D eigenvalue weighted by molar-refractivity contribution is 5.89. The van der Waals surface area contributed by atoms with Crippen LogP contribution in [0, 0.1) is 6.92 Å². The van der Waals surface area contributed by atoms with E-state index in [1.54, 1.807) is 24.3 Å². The lowest BCUT2D eigenvalue weighted by Crippen LogP contribution is -2.24. The molecule has 0 saturated heterocycles. The van der Waals surface area contributed by atoms with Crippen LogP contribution >= 0.6 is 0 Å². The van der Waals surface area contributed by atoms with Crippen LogP contribution in [0.4, 0.5) is 4.79 Å². The number of amides is 2. The molecule has 0 aliphatic carbocycles. The summed E-state index contributed by atoms with van der Waals surface area (Å²) in [5.74, 6) is -0.0924. The molecular weight excluding hydrogens is 274 g/mol. The number of nitrogens with zero attached hydrogens (tertiary/aromatic N) is 1. The molecule has 7 nitrogen and oxygen atoms in total. The van der Waals surface area contributed by atoms with Crippen molar-refractivity contribution < 1.29 is 19.1 Å². The number of carbonyl (C=O) groups is 2. The predicted molar refractivity (Wildman–Crippen MR) is 76.2 cm³/mol. The molecule has 2 aromatic rings. The summed E-state index contributed by atoms with van der Waals surface area (Å²) in [4.78, 5) is 21.5. The summed E-state index contributed by atoms with van der Waals surface area (Å²) >= 11 is 0. The number of nitrogens with one attached hydrogen (secondary N) is 1. The van der Waals surface area contributed by atoms with Gasteiger partial charge in [0.15, 0.2) is 0 Å². The number of rotatable bonds is 4. The van der Waals surface area contributed by atoms with E-state index in [0.29, 0.717) is 17.1 Å². The third kappa shape index (κ3) is 3.47. The van der Waals surface area contributed by atoms with Crippen LogP contribution in [-0.2, 0) is 0 Å². The summed E-state index contributed by atoms with van der Waals surface area (Å²) in [5, 5.41) is 12.6. The van der Waals surface area contributed by atoms with Crippen molar-refractivity contribution in [2.75, 3.05) is 0 Å². The highest BCUT2D eigenvalue weighted by Gasteiger charge is 2.11. The molecule has 0 aliphatic rings. The molecule has 4 N–H and O–H groups in total. The van der Waals surface area contributed by atoms with E-state index in [1.165, 1.54) is 12.3 Å². The highest BCUT2D eigenvalue weighted by Crippen LogP contribution is 2.26. The number of furan rings is 1. The standard InChI is InChI=1S/C14H13N3O4/c1-8-2-3-9(13(18)19)6-11(8)12-5-4-10(21-12)7-16-17-14(15)20/h2-7H,1H3,(H,18,19)(H3,15,17,20)/b16-7-. The van der Waals surface area contributed by atoms with Crippen molar-refractivity contribution in [3.8, 4) is 11.3 Å². The van der Waals surface area contributed by atoms with Crippen molar-refractivity contribution in [3.63, 3.8) is 0 Å². The van der Waals surface area contributed by atoms with Crippen molar-refractivity contribution >= 4 is 18.2 Å². The second-order valence-corrected chi connectivity index (χ2v) is 4.27. The molecule has 1 heterocycles. The van der Waals surface area contributed by atoms with Gasteiger partial charge < -0.3 is 15.3 Å². The van der Waals surface area contributed by atoms with Crippen LogP contribution in [0.1, 0.15) is 21.7 Å². The number of primary amides is 1. The van der Waals surface area contributed by atoms with E-state index >= 15 is 0 Å². The van der Waals surface area contributed by atoms with Crippen molar-refractivity contribution in [2.24, 2.45) is 10.8 Å². The average molecular weight is 287 g/mol. The minimum atomic E-state index is -1.00. The Kier molecular flexibility index (Phi) is 4.03. The maximum Gasteiger partial charge on any atom is 0.335 e. The van der Waals surface area contributed by atoms with Crippen molar-refractivity contribution in [1.82, 2.24) is 5.43 Å². The minimum Gasteiger partial charge on any atom is -0.478 e. The number of benzene rings is 1. The van der Waals surface area contributed by atoms with Gasteiger partial charge in [-0.05, 0) is 36.8 Å². The lowest BCUT2D eigenvalue weighted by molar-refractivity contribution is 0.0697. The van der Waals surface area contributed by atoms with Gasteiger partial charge in [0.25, 0.3) is 0 Å². The number of carboxylic acid groups (broad SMARTS) is 1. The Balaban J connectivity index is 2.29. The van der Waals surface area contributed by atoms with Gasteiger partial charge in [0, 0.05) is 5.56 Å². The van der Waals surface area contributed by atoms with Crippen LogP contribution in [0.25, 0.3) is 11.3 Å². The van der Waals surface area contributed by atoms with Gasteiger partial charge in [0.2, 0.25) is 0 Å². The van der Waals surface area contributed by atoms with Crippen LogP contribution in [0.3, 0.4) is 0 Å². The lowest BCUT2D eigenvalue weighted by atomic mass is 10.0. The zero-order chi connectivity index (χ0) is 15.4. The number of aryl methyl sites for hydroxylation is 1. The largest absolute Gasteiger partial charge is 0.478 e. The van der Waals surface area contributed by atoms with Gasteiger partial charge >= 0.3 is 12.0 Å². The summed E-state index contributed by atoms with van der Waals surface area (Å²) in [6.45, 7) is 1.85. The zero-order valence-electron chi connectivity index (χ0n) is 11.2. The van der Waals surface area contributed by atoms with Gasteiger partial charge in [0.1, 0.15) is 11.5 Å². The van der Waals surface area contributed by atoms with Crippen LogP contribution in [0.5, 0.6) is 0 Å². The van der Waals surface area contributed by atoms with E-state index in [1.807, 2.05) is 12.3 Å². The molecule has 0 unspecified atom stereocenters. The molecule has 1 aromatic heterocycles. The van der Waals surface area contributed by atoms with Gasteiger partial charge in [-0.1, -0.05) is 6.07 Å². The number of nitrogens with two attached hydrogens (primary N) is 1. The fourth-order valence-electron chi connectivity index (χ4n) is 1.75. The maximum atomic E-state index is 11.0. The van der Waals surface area contributed by atoms with Crippen LogP contribution in [0.15, 0.2) is 39.9 Å². The summed E-state index contributed by atoms with van der Waals surface area (Å²) in [7, 11) is 0. The van der Waals surface area contributed by atoms with E-state index in [4.69, 9.17) is 15.3 Å². The molecule has 0 spiro atoms. The topological polar surface area (TPSA) is 118 Å². The van der Waals surface area contributed by atoms with E-state index < -0.39 is 12.0 Å². The number of urea groups is 1. The van der Waals surface area contributed by atoms with Gasteiger partial charge in [0.05, 0.1) is 11.8 Å². The summed E-state index contributed by atoms with van der Waals surface area (Å²) in [5.41, 5.74) is 8.66. The van der Waals surface area contributed by atoms with Crippen molar-refractivity contribution in [3.05, 3.63) is 47.2 Å². The Morgan fingerprint density at radius 1 is 1.33 bits per heavy atom.